The normalized spacial score (nSPS) is 10.6. The van der Waals surface area contributed by atoms with Crippen molar-refractivity contribution in [2.75, 3.05) is 6.54 Å². The van der Waals surface area contributed by atoms with Gasteiger partial charge in [0.05, 0.1) is 13.0 Å². The molecule has 1 rings (SSSR count). The topological polar surface area (TPSA) is 46.6 Å². The minimum atomic E-state index is -0.610. The molecule has 0 unspecified atom stereocenters. The van der Waals surface area contributed by atoms with Gasteiger partial charge in [0.1, 0.15) is 5.60 Å². The Morgan fingerprint density at radius 1 is 1.24 bits per heavy atom. The molecule has 0 aliphatic heterocycles. The van der Waals surface area contributed by atoms with Crippen molar-refractivity contribution in [3.8, 4) is 12.3 Å². The number of hydrogen-bond donors (Lipinski definition) is 0. The van der Waals surface area contributed by atoms with Crippen LogP contribution in [0.5, 0.6) is 0 Å². The Hall–Kier alpha value is -2.28. The van der Waals surface area contributed by atoms with Gasteiger partial charge in [-0.2, -0.15) is 0 Å². The standard InChI is InChI=1S/C17H21NO3/c1-5-9-15(19)13-18(16(20)21-17(2,3)4)12-14-10-7-6-8-11-14/h1,6-8,10-11H,9,12-13H2,2-4H3. The molecule has 21 heavy (non-hydrogen) atoms. The largest absolute Gasteiger partial charge is 0.444 e. The Morgan fingerprint density at radius 2 is 1.86 bits per heavy atom. The van der Waals surface area contributed by atoms with E-state index in [9.17, 15) is 9.59 Å². The lowest BCUT2D eigenvalue weighted by atomic mass is 10.2. The zero-order valence-corrected chi connectivity index (χ0v) is 12.8. The maximum Gasteiger partial charge on any atom is 0.410 e. The summed E-state index contributed by atoms with van der Waals surface area (Å²) in [6.45, 7) is 5.62. The van der Waals surface area contributed by atoms with Gasteiger partial charge in [0.15, 0.2) is 5.78 Å². The first kappa shape index (κ1) is 16.8. The van der Waals surface area contributed by atoms with Crippen LogP contribution in [0.15, 0.2) is 30.3 Å². The van der Waals surface area contributed by atoms with Gasteiger partial charge in [-0.3, -0.25) is 9.69 Å². The third-order valence-corrected chi connectivity index (χ3v) is 2.53. The Bertz CT molecular complexity index is 523. The van der Waals surface area contributed by atoms with Crippen molar-refractivity contribution in [3.63, 3.8) is 0 Å². The summed E-state index contributed by atoms with van der Waals surface area (Å²) in [6, 6.07) is 9.44. The SMILES string of the molecule is C#CCC(=O)CN(Cc1ccccc1)C(=O)OC(C)(C)C. The summed E-state index contributed by atoms with van der Waals surface area (Å²) in [4.78, 5) is 25.3. The molecular weight excluding hydrogens is 266 g/mol. The van der Waals surface area contributed by atoms with E-state index in [0.29, 0.717) is 6.54 Å². The van der Waals surface area contributed by atoms with Crippen LogP contribution in [0, 0.1) is 12.3 Å². The van der Waals surface area contributed by atoms with E-state index in [0.717, 1.165) is 5.56 Å². The number of hydrogen-bond acceptors (Lipinski definition) is 3. The van der Waals surface area contributed by atoms with E-state index in [1.807, 2.05) is 30.3 Å². The molecule has 0 spiro atoms. The number of carbonyl (C=O) groups excluding carboxylic acids is 2. The molecule has 0 saturated heterocycles. The van der Waals surface area contributed by atoms with Crippen molar-refractivity contribution in [1.29, 1.82) is 0 Å². The maximum atomic E-state index is 12.2. The Balaban J connectivity index is 2.81. The van der Waals surface area contributed by atoms with E-state index in [1.165, 1.54) is 4.90 Å². The van der Waals surface area contributed by atoms with Crippen LogP contribution in [0.2, 0.25) is 0 Å². The van der Waals surface area contributed by atoms with Gasteiger partial charge in [-0.05, 0) is 26.3 Å². The highest BCUT2D eigenvalue weighted by Gasteiger charge is 2.23. The lowest BCUT2D eigenvalue weighted by Gasteiger charge is -2.27. The Morgan fingerprint density at radius 3 is 2.38 bits per heavy atom. The third-order valence-electron chi connectivity index (χ3n) is 2.53. The number of terminal acetylenes is 1. The van der Waals surface area contributed by atoms with Crippen LogP contribution in [-0.2, 0) is 16.1 Å². The first-order valence-corrected chi connectivity index (χ1v) is 6.79. The van der Waals surface area contributed by atoms with Crippen LogP contribution in [0.3, 0.4) is 0 Å². The van der Waals surface area contributed by atoms with Crippen LogP contribution in [0.1, 0.15) is 32.8 Å². The summed E-state index contributed by atoms with van der Waals surface area (Å²) >= 11 is 0. The summed E-state index contributed by atoms with van der Waals surface area (Å²) in [6.07, 6.45) is 4.62. The van der Waals surface area contributed by atoms with E-state index in [4.69, 9.17) is 11.2 Å². The molecule has 0 radical (unpaired) electrons. The molecule has 0 bridgehead atoms. The van der Waals surface area contributed by atoms with Crippen molar-refractivity contribution in [2.24, 2.45) is 0 Å². The van der Waals surface area contributed by atoms with Crippen molar-refractivity contribution in [2.45, 2.75) is 39.3 Å². The number of carbonyl (C=O) groups is 2. The van der Waals surface area contributed by atoms with Crippen molar-refractivity contribution < 1.29 is 14.3 Å². The van der Waals surface area contributed by atoms with Gasteiger partial charge in [-0.1, -0.05) is 36.3 Å². The van der Waals surface area contributed by atoms with E-state index in [1.54, 1.807) is 20.8 Å². The molecule has 1 amide bonds. The van der Waals surface area contributed by atoms with Crippen LogP contribution >= 0.6 is 0 Å². The molecule has 0 aliphatic rings. The molecule has 1 aromatic carbocycles. The first-order chi connectivity index (χ1) is 9.81. The number of ether oxygens (including phenoxy) is 1. The van der Waals surface area contributed by atoms with Crippen LogP contribution in [-0.4, -0.2) is 28.9 Å². The molecule has 0 heterocycles. The van der Waals surface area contributed by atoms with E-state index in [-0.39, 0.29) is 18.7 Å². The molecule has 112 valence electrons. The van der Waals surface area contributed by atoms with E-state index < -0.39 is 11.7 Å². The molecule has 0 atom stereocenters. The number of ketones is 1. The smallest absolute Gasteiger partial charge is 0.410 e. The second-order valence-corrected chi connectivity index (χ2v) is 5.74. The van der Waals surface area contributed by atoms with Gasteiger partial charge >= 0.3 is 6.09 Å². The monoisotopic (exact) mass is 287 g/mol. The van der Waals surface area contributed by atoms with Gasteiger partial charge in [-0.25, -0.2) is 4.79 Å². The molecule has 0 fully saturated rings. The molecular formula is C17H21NO3. The molecule has 0 aliphatic carbocycles. The van der Waals surface area contributed by atoms with Gasteiger partial charge in [-0.15, -0.1) is 6.42 Å². The van der Waals surface area contributed by atoms with Crippen molar-refractivity contribution >= 4 is 11.9 Å². The molecule has 4 heteroatoms. The lowest BCUT2D eigenvalue weighted by Crippen LogP contribution is -2.39. The van der Waals surface area contributed by atoms with Crippen LogP contribution < -0.4 is 0 Å². The second kappa shape index (κ2) is 7.49. The average molecular weight is 287 g/mol. The highest BCUT2D eigenvalue weighted by Crippen LogP contribution is 2.13. The zero-order chi connectivity index (χ0) is 15.9. The minimum absolute atomic E-state index is 0.00802. The molecule has 1 aromatic rings. The number of Topliss-reactive ketones (excluding diaryl/α,β-unsaturated/α-hetero) is 1. The highest BCUT2D eigenvalue weighted by molar-refractivity contribution is 5.85. The van der Waals surface area contributed by atoms with Gasteiger partial charge in [0, 0.05) is 6.54 Å². The number of benzene rings is 1. The fourth-order valence-electron chi connectivity index (χ4n) is 1.70. The maximum absolute atomic E-state index is 12.2. The van der Waals surface area contributed by atoms with E-state index in [2.05, 4.69) is 5.92 Å². The third kappa shape index (κ3) is 6.62. The van der Waals surface area contributed by atoms with E-state index >= 15 is 0 Å². The summed E-state index contributed by atoms with van der Waals surface area (Å²) in [5.74, 6) is 2.11. The van der Waals surface area contributed by atoms with Crippen molar-refractivity contribution in [1.82, 2.24) is 4.90 Å². The molecule has 0 saturated carbocycles. The van der Waals surface area contributed by atoms with Gasteiger partial charge < -0.3 is 4.74 Å². The number of rotatable bonds is 5. The molecule has 0 N–H and O–H groups in total. The lowest BCUT2D eigenvalue weighted by molar-refractivity contribution is -0.119. The summed E-state index contributed by atoms with van der Waals surface area (Å²) in [5.41, 5.74) is 0.318. The predicted octanol–water partition coefficient (Wildman–Crippen LogP) is 3.02. The second-order valence-electron chi connectivity index (χ2n) is 5.74. The van der Waals surface area contributed by atoms with Crippen molar-refractivity contribution in [3.05, 3.63) is 35.9 Å². The Labute approximate surface area is 126 Å². The fraction of sp³-hybridized carbons (Fsp3) is 0.412. The predicted molar refractivity (Wildman–Crippen MR) is 81.5 cm³/mol. The van der Waals surface area contributed by atoms with Gasteiger partial charge in [0.2, 0.25) is 0 Å². The van der Waals surface area contributed by atoms with Gasteiger partial charge in [0.25, 0.3) is 0 Å². The average Bonchev–Trinajstić information content (AvgIpc) is 2.37. The molecule has 4 nitrogen and oxygen atoms in total. The fourth-order valence-corrected chi connectivity index (χ4v) is 1.70. The first-order valence-electron chi connectivity index (χ1n) is 6.79. The number of nitrogens with zero attached hydrogens (tertiary/aromatic N) is 1. The highest BCUT2D eigenvalue weighted by atomic mass is 16.6. The summed E-state index contributed by atoms with van der Waals surface area (Å²) < 4.78 is 5.33. The zero-order valence-electron chi connectivity index (χ0n) is 12.8. The Kier molecular flexibility index (Phi) is 5.98. The minimum Gasteiger partial charge on any atom is -0.444 e. The quantitative estimate of drug-likeness (QED) is 0.782. The van der Waals surface area contributed by atoms with Crippen LogP contribution in [0.25, 0.3) is 0 Å². The summed E-state index contributed by atoms with van der Waals surface area (Å²) in [5, 5.41) is 0. The summed E-state index contributed by atoms with van der Waals surface area (Å²) in [7, 11) is 0. The van der Waals surface area contributed by atoms with Crippen LogP contribution in [0.4, 0.5) is 4.79 Å². The molecule has 0 aromatic heterocycles. The number of amides is 1.